The first kappa shape index (κ1) is 20.9. The lowest BCUT2D eigenvalue weighted by Gasteiger charge is -2.41. The largest absolute Gasteiger partial charge is 0.487 e. The molecular weight excluding hydrogens is 391 g/mol. The van der Waals surface area contributed by atoms with Crippen molar-refractivity contribution < 1.29 is 4.74 Å². The summed E-state index contributed by atoms with van der Waals surface area (Å²) in [6.07, 6.45) is 6.37. The summed E-state index contributed by atoms with van der Waals surface area (Å²) in [5.41, 5.74) is 5.02. The molecule has 0 unspecified atom stereocenters. The Balaban J connectivity index is 0.00000112. The number of piperidine rings is 1. The predicted molar refractivity (Wildman–Crippen MR) is 120 cm³/mol. The van der Waals surface area contributed by atoms with Crippen LogP contribution in [0.1, 0.15) is 30.5 Å². The number of nitrogens with zero attached hydrogens (tertiary/aromatic N) is 1. The van der Waals surface area contributed by atoms with Gasteiger partial charge in [0, 0.05) is 17.3 Å². The first-order chi connectivity index (χ1) is 12.7. The highest BCUT2D eigenvalue weighted by atomic mass is 35.5. The maximum atomic E-state index is 6.49. The van der Waals surface area contributed by atoms with E-state index in [1.807, 2.05) is 6.20 Å². The van der Waals surface area contributed by atoms with Crippen LogP contribution in [0.4, 0.5) is 0 Å². The van der Waals surface area contributed by atoms with Gasteiger partial charge in [-0.15, -0.1) is 24.8 Å². The van der Waals surface area contributed by atoms with Gasteiger partial charge in [0.15, 0.2) is 0 Å². The quantitative estimate of drug-likeness (QED) is 0.568. The van der Waals surface area contributed by atoms with Crippen molar-refractivity contribution in [3.8, 4) is 16.9 Å². The van der Waals surface area contributed by atoms with Crippen LogP contribution in [0.15, 0.2) is 48.7 Å². The molecule has 0 aliphatic carbocycles. The monoisotopic (exact) mass is 416 g/mol. The second-order valence-electron chi connectivity index (χ2n) is 7.69. The van der Waals surface area contributed by atoms with Crippen LogP contribution in [0.25, 0.3) is 21.9 Å². The lowest BCUT2D eigenvalue weighted by molar-refractivity contribution is 0.0170. The van der Waals surface area contributed by atoms with Gasteiger partial charge in [0.2, 0.25) is 0 Å². The van der Waals surface area contributed by atoms with Crippen molar-refractivity contribution in [2.24, 2.45) is 0 Å². The van der Waals surface area contributed by atoms with Crippen LogP contribution < -0.4 is 10.1 Å². The Labute approximate surface area is 178 Å². The fraction of sp³-hybridized carbons (Fsp3) is 0.348. The zero-order valence-electron chi connectivity index (χ0n) is 16.0. The van der Waals surface area contributed by atoms with Crippen molar-refractivity contribution in [3.05, 3.63) is 59.9 Å². The van der Waals surface area contributed by atoms with Gasteiger partial charge in [-0.2, -0.15) is 0 Å². The summed E-state index contributed by atoms with van der Waals surface area (Å²) in [4.78, 5) is 4.39. The Morgan fingerprint density at radius 2 is 1.68 bits per heavy atom. The van der Waals surface area contributed by atoms with E-state index in [2.05, 4.69) is 59.7 Å². The number of benzene rings is 2. The maximum Gasteiger partial charge on any atom is 0.123 e. The van der Waals surface area contributed by atoms with E-state index in [-0.39, 0.29) is 30.4 Å². The molecule has 2 aliphatic rings. The molecule has 1 spiro atoms. The van der Waals surface area contributed by atoms with Gasteiger partial charge in [-0.05, 0) is 92.0 Å². The smallest absolute Gasteiger partial charge is 0.123 e. The van der Waals surface area contributed by atoms with Crippen molar-refractivity contribution >= 4 is 35.6 Å². The van der Waals surface area contributed by atoms with Crippen molar-refractivity contribution in [2.75, 3.05) is 13.1 Å². The highest BCUT2D eigenvalue weighted by Crippen LogP contribution is 2.40. The zero-order valence-corrected chi connectivity index (χ0v) is 17.7. The molecule has 0 bridgehead atoms. The number of pyridine rings is 1. The highest BCUT2D eigenvalue weighted by Gasteiger charge is 2.37. The van der Waals surface area contributed by atoms with E-state index in [1.165, 1.54) is 27.5 Å². The fourth-order valence-electron chi connectivity index (χ4n) is 4.44. The van der Waals surface area contributed by atoms with Crippen LogP contribution in [0, 0.1) is 6.92 Å². The van der Waals surface area contributed by atoms with Gasteiger partial charge < -0.3 is 10.1 Å². The molecule has 0 amide bonds. The van der Waals surface area contributed by atoms with Crippen molar-refractivity contribution in [1.29, 1.82) is 0 Å². The molecule has 0 saturated carbocycles. The second-order valence-corrected chi connectivity index (χ2v) is 7.69. The molecule has 1 saturated heterocycles. The van der Waals surface area contributed by atoms with E-state index >= 15 is 0 Å². The number of hydrogen-bond acceptors (Lipinski definition) is 3. The topological polar surface area (TPSA) is 34.2 Å². The minimum Gasteiger partial charge on any atom is -0.487 e. The van der Waals surface area contributed by atoms with E-state index in [0.29, 0.717) is 0 Å². The van der Waals surface area contributed by atoms with E-state index in [9.17, 15) is 0 Å². The molecule has 1 fully saturated rings. The first-order valence-corrected chi connectivity index (χ1v) is 9.61. The van der Waals surface area contributed by atoms with Crippen LogP contribution >= 0.6 is 24.8 Å². The molecule has 148 valence electrons. The Bertz CT molecular complexity index is 983. The summed E-state index contributed by atoms with van der Waals surface area (Å²) in [7, 11) is 0. The number of aromatic nitrogens is 1. The number of hydrogen-bond donors (Lipinski definition) is 1. The standard InChI is InChI=1S/C23H24N2O.2ClH/c1-16-21-4-2-17(14-19(21)7-11-25-16)18-3-5-22-20(15-18)6-8-23(26-22)9-12-24-13-10-23;;/h2-5,7,11,14-15,24H,6,8-10,12-13H2,1H3;2*1H. The number of aryl methyl sites for hydroxylation is 2. The van der Waals surface area contributed by atoms with Crippen LogP contribution in [0.5, 0.6) is 5.75 Å². The van der Waals surface area contributed by atoms with Crippen LogP contribution in [-0.2, 0) is 6.42 Å². The minimum absolute atomic E-state index is 0. The third-order valence-corrected chi connectivity index (χ3v) is 6.05. The highest BCUT2D eigenvalue weighted by molar-refractivity contribution is 5.88. The molecule has 0 atom stereocenters. The molecule has 1 N–H and O–H groups in total. The number of rotatable bonds is 1. The van der Waals surface area contributed by atoms with Crippen LogP contribution in [0.2, 0.25) is 0 Å². The molecule has 1 aromatic heterocycles. The van der Waals surface area contributed by atoms with Gasteiger partial charge in [-0.25, -0.2) is 0 Å². The summed E-state index contributed by atoms with van der Waals surface area (Å²) in [6.45, 7) is 4.20. The molecule has 0 radical (unpaired) electrons. The molecule has 3 nitrogen and oxygen atoms in total. The van der Waals surface area contributed by atoms with Gasteiger partial charge in [-0.1, -0.05) is 18.2 Å². The van der Waals surface area contributed by atoms with Gasteiger partial charge in [0.05, 0.1) is 0 Å². The third-order valence-electron chi connectivity index (χ3n) is 6.05. The molecule has 2 aliphatic heterocycles. The zero-order chi connectivity index (χ0) is 17.6. The van der Waals surface area contributed by atoms with Gasteiger partial charge in [0.25, 0.3) is 0 Å². The van der Waals surface area contributed by atoms with Gasteiger partial charge >= 0.3 is 0 Å². The summed E-state index contributed by atoms with van der Waals surface area (Å²) < 4.78 is 6.49. The number of nitrogens with one attached hydrogen (secondary N) is 1. The second kappa shape index (κ2) is 8.28. The number of fused-ring (bicyclic) bond motifs is 2. The SMILES string of the molecule is Cc1nccc2cc(-c3ccc4c(c3)CCC3(CCNCC3)O4)ccc12.Cl.Cl. The molecule has 28 heavy (non-hydrogen) atoms. The van der Waals surface area contributed by atoms with E-state index in [0.717, 1.165) is 50.2 Å². The first-order valence-electron chi connectivity index (χ1n) is 9.61. The molecule has 3 heterocycles. The van der Waals surface area contributed by atoms with Crippen LogP contribution in [-0.4, -0.2) is 23.7 Å². The van der Waals surface area contributed by atoms with Gasteiger partial charge in [0.1, 0.15) is 11.4 Å². The lowest BCUT2D eigenvalue weighted by Crippen LogP contribution is -2.48. The lowest BCUT2D eigenvalue weighted by atomic mass is 9.83. The fourth-order valence-corrected chi connectivity index (χ4v) is 4.44. The number of ether oxygens (including phenoxy) is 1. The average Bonchev–Trinajstić information content (AvgIpc) is 2.68. The Hall–Kier alpha value is -1.81. The average molecular weight is 417 g/mol. The van der Waals surface area contributed by atoms with Gasteiger partial charge in [-0.3, -0.25) is 4.98 Å². The predicted octanol–water partition coefficient (Wildman–Crippen LogP) is 5.50. The third kappa shape index (κ3) is 3.71. The molecule has 5 rings (SSSR count). The van der Waals surface area contributed by atoms with E-state index in [1.54, 1.807) is 0 Å². The van der Waals surface area contributed by atoms with Crippen molar-refractivity contribution in [1.82, 2.24) is 10.3 Å². The maximum absolute atomic E-state index is 6.49. The number of halogens is 2. The molecular formula is C23H26Cl2N2O. The van der Waals surface area contributed by atoms with Crippen molar-refractivity contribution in [2.45, 2.75) is 38.2 Å². The molecule has 3 aromatic rings. The van der Waals surface area contributed by atoms with E-state index in [4.69, 9.17) is 4.74 Å². The Morgan fingerprint density at radius 3 is 2.50 bits per heavy atom. The Kier molecular flexibility index (Phi) is 6.18. The summed E-state index contributed by atoms with van der Waals surface area (Å²) >= 11 is 0. The normalized spacial score (nSPS) is 17.2. The molecule has 2 aromatic carbocycles. The molecule has 5 heteroatoms. The summed E-state index contributed by atoms with van der Waals surface area (Å²) in [6, 6.07) is 15.4. The van der Waals surface area contributed by atoms with Crippen molar-refractivity contribution in [3.63, 3.8) is 0 Å². The van der Waals surface area contributed by atoms with E-state index < -0.39 is 0 Å². The summed E-state index contributed by atoms with van der Waals surface area (Å²) in [5, 5.41) is 5.92. The minimum atomic E-state index is 0. The summed E-state index contributed by atoms with van der Waals surface area (Å²) in [5.74, 6) is 1.09. The van der Waals surface area contributed by atoms with Crippen LogP contribution in [0.3, 0.4) is 0 Å². The Morgan fingerprint density at radius 1 is 0.929 bits per heavy atom.